The lowest BCUT2D eigenvalue weighted by Crippen LogP contribution is -2.34. The fourth-order valence-electron chi connectivity index (χ4n) is 0.940. The van der Waals surface area contributed by atoms with Crippen LogP contribution < -0.4 is 11.1 Å². The molecule has 0 saturated heterocycles. The number of hydrogen-bond acceptors (Lipinski definition) is 5. The number of carboxylic acid groups (broad SMARTS) is 1. The number of hydrogen-bond donors (Lipinski definition) is 4. The second-order valence-corrected chi connectivity index (χ2v) is 3.04. The van der Waals surface area contributed by atoms with E-state index in [1.165, 1.54) is 18.3 Å². The largest absolute Gasteiger partial charge is 0.477 e. The average Bonchev–Trinajstić information content (AvgIpc) is 2.26. The van der Waals surface area contributed by atoms with Crippen molar-refractivity contribution in [2.24, 2.45) is 5.73 Å². The minimum absolute atomic E-state index is 0.0522. The number of pyridine rings is 1. The number of rotatable bonds is 5. The lowest BCUT2D eigenvalue weighted by molar-refractivity contribution is -0.125. The Morgan fingerprint density at radius 2 is 2.19 bits per heavy atom. The number of primary amides is 1. The highest BCUT2D eigenvalue weighted by Gasteiger charge is 2.10. The summed E-state index contributed by atoms with van der Waals surface area (Å²) in [6.07, 6.45) is -0.00360. The van der Waals surface area contributed by atoms with Crippen molar-refractivity contribution >= 4 is 17.6 Å². The molecule has 1 aromatic heterocycles. The molecule has 1 atom stereocenters. The average molecular weight is 225 g/mol. The van der Waals surface area contributed by atoms with E-state index in [0.717, 1.165) is 0 Å². The van der Waals surface area contributed by atoms with E-state index >= 15 is 0 Å². The van der Waals surface area contributed by atoms with Crippen molar-refractivity contribution in [3.63, 3.8) is 0 Å². The van der Waals surface area contributed by atoms with Gasteiger partial charge in [-0.2, -0.15) is 0 Å². The molecule has 7 nitrogen and oxygen atoms in total. The van der Waals surface area contributed by atoms with E-state index < -0.39 is 18.0 Å². The van der Waals surface area contributed by atoms with Gasteiger partial charge < -0.3 is 21.3 Å². The molecule has 1 heterocycles. The number of aliphatic hydroxyl groups is 1. The third-order valence-electron chi connectivity index (χ3n) is 1.81. The third-order valence-corrected chi connectivity index (χ3v) is 1.81. The van der Waals surface area contributed by atoms with Crippen LogP contribution in [0, 0.1) is 0 Å². The first kappa shape index (κ1) is 11.9. The third kappa shape index (κ3) is 3.21. The summed E-state index contributed by atoms with van der Waals surface area (Å²) >= 11 is 0. The molecule has 0 bridgehead atoms. The van der Waals surface area contributed by atoms with Crippen molar-refractivity contribution in [2.75, 3.05) is 11.9 Å². The molecule has 0 aliphatic rings. The van der Waals surface area contributed by atoms with E-state index in [-0.39, 0.29) is 12.2 Å². The number of carbonyl (C=O) groups is 2. The van der Waals surface area contributed by atoms with Crippen LogP contribution in [-0.2, 0) is 4.79 Å². The van der Waals surface area contributed by atoms with Crippen LogP contribution in [0.4, 0.5) is 5.69 Å². The summed E-state index contributed by atoms with van der Waals surface area (Å²) < 4.78 is 0. The zero-order valence-electron chi connectivity index (χ0n) is 8.25. The number of aromatic carboxylic acids is 1. The minimum Gasteiger partial charge on any atom is -0.477 e. The highest BCUT2D eigenvalue weighted by atomic mass is 16.4. The first-order chi connectivity index (χ1) is 7.50. The van der Waals surface area contributed by atoms with Crippen molar-refractivity contribution in [3.05, 3.63) is 24.0 Å². The number of anilines is 1. The lowest BCUT2D eigenvalue weighted by Gasteiger charge is -2.09. The van der Waals surface area contributed by atoms with Crippen LogP contribution in [0.25, 0.3) is 0 Å². The SMILES string of the molecule is NC(=O)C(O)CNc1ccc(C(=O)O)nc1. The van der Waals surface area contributed by atoms with Gasteiger partial charge in [-0.3, -0.25) is 4.79 Å². The first-order valence-corrected chi connectivity index (χ1v) is 4.41. The van der Waals surface area contributed by atoms with Crippen LogP contribution in [0.2, 0.25) is 0 Å². The molecule has 0 aromatic carbocycles. The molecule has 1 unspecified atom stereocenters. The summed E-state index contributed by atoms with van der Waals surface area (Å²) in [6.45, 7) is -0.0522. The quantitative estimate of drug-likeness (QED) is 0.511. The number of carboxylic acids is 1. The highest BCUT2D eigenvalue weighted by molar-refractivity contribution is 5.85. The fraction of sp³-hybridized carbons (Fsp3) is 0.222. The molecule has 0 aliphatic carbocycles. The maximum atomic E-state index is 10.5. The monoisotopic (exact) mass is 225 g/mol. The van der Waals surface area contributed by atoms with Crippen molar-refractivity contribution in [2.45, 2.75) is 6.10 Å². The zero-order chi connectivity index (χ0) is 12.1. The van der Waals surface area contributed by atoms with E-state index in [0.29, 0.717) is 5.69 Å². The van der Waals surface area contributed by atoms with Crippen LogP contribution >= 0.6 is 0 Å². The van der Waals surface area contributed by atoms with Gasteiger partial charge in [0.05, 0.1) is 11.9 Å². The van der Waals surface area contributed by atoms with E-state index in [1.54, 1.807) is 0 Å². The molecule has 1 rings (SSSR count). The topological polar surface area (TPSA) is 126 Å². The van der Waals surface area contributed by atoms with Crippen LogP contribution in [0.5, 0.6) is 0 Å². The number of nitrogens with one attached hydrogen (secondary N) is 1. The predicted molar refractivity (Wildman–Crippen MR) is 54.9 cm³/mol. The molecule has 86 valence electrons. The summed E-state index contributed by atoms with van der Waals surface area (Å²) in [5, 5.41) is 20.3. The standard InChI is InChI=1S/C9H11N3O4/c10-8(14)7(13)4-11-5-1-2-6(9(15)16)12-3-5/h1-3,7,11,13H,4H2,(H2,10,14)(H,15,16). The second kappa shape index (κ2) is 5.08. The molecule has 0 saturated carbocycles. The number of carbonyl (C=O) groups excluding carboxylic acids is 1. The van der Waals surface area contributed by atoms with E-state index in [9.17, 15) is 9.59 Å². The molecule has 0 spiro atoms. The molecule has 5 N–H and O–H groups in total. The number of aliphatic hydroxyl groups excluding tert-OH is 1. The van der Waals surface area contributed by atoms with E-state index in [4.69, 9.17) is 15.9 Å². The van der Waals surface area contributed by atoms with Crippen molar-refractivity contribution < 1.29 is 19.8 Å². The Morgan fingerprint density at radius 1 is 1.50 bits per heavy atom. The summed E-state index contributed by atoms with van der Waals surface area (Å²) in [5.41, 5.74) is 5.25. The smallest absolute Gasteiger partial charge is 0.354 e. The molecule has 16 heavy (non-hydrogen) atoms. The van der Waals surface area contributed by atoms with Gasteiger partial charge in [0, 0.05) is 6.54 Å². The van der Waals surface area contributed by atoms with Gasteiger partial charge in [0.25, 0.3) is 0 Å². The van der Waals surface area contributed by atoms with Crippen LogP contribution in [-0.4, -0.2) is 39.7 Å². The minimum atomic E-state index is -1.29. The van der Waals surface area contributed by atoms with Crippen molar-refractivity contribution in [1.29, 1.82) is 0 Å². The first-order valence-electron chi connectivity index (χ1n) is 4.41. The molecule has 0 aliphatic heterocycles. The van der Waals surface area contributed by atoms with E-state index in [2.05, 4.69) is 10.3 Å². The Bertz CT molecular complexity index is 390. The van der Waals surface area contributed by atoms with Crippen LogP contribution in [0.3, 0.4) is 0 Å². The maximum Gasteiger partial charge on any atom is 0.354 e. The second-order valence-electron chi connectivity index (χ2n) is 3.04. The number of nitrogens with zero attached hydrogens (tertiary/aromatic N) is 1. The molecule has 0 radical (unpaired) electrons. The van der Waals surface area contributed by atoms with Gasteiger partial charge in [0.15, 0.2) is 0 Å². The Balaban J connectivity index is 2.56. The van der Waals surface area contributed by atoms with Crippen molar-refractivity contribution in [3.8, 4) is 0 Å². The van der Waals surface area contributed by atoms with Gasteiger partial charge in [-0.25, -0.2) is 9.78 Å². The Kier molecular flexibility index (Phi) is 3.78. The lowest BCUT2D eigenvalue weighted by atomic mass is 10.3. The zero-order valence-corrected chi connectivity index (χ0v) is 8.25. The van der Waals surface area contributed by atoms with Crippen LogP contribution in [0.15, 0.2) is 18.3 Å². The number of nitrogens with two attached hydrogens (primary N) is 1. The Hall–Kier alpha value is -2.15. The van der Waals surface area contributed by atoms with Gasteiger partial charge in [0.1, 0.15) is 11.8 Å². The van der Waals surface area contributed by atoms with Gasteiger partial charge in [-0.05, 0) is 12.1 Å². The molecule has 1 aromatic rings. The molecule has 1 amide bonds. The summed E-state index contributed by atoms with van der Waals surface area (Å²) in [6, 6.07) is 2.78. The normalized spacial score (nSPS) is 11.8. The molecular formula is C9H11N3O4. The fourth-order valence-corrected chi connectivity index (χ4v) is 0.940. The molecule has 0 fully saturated rings. The summed E-state index contributed by atoms with van der Waals surface area (Å²) in [5.74, 6) is -1.95. The molecular weight excluding hydrogens is 214 g/mol. The van der Waals surface area contributed by atoms with E-state index in [1.807, 2.05) is 0 Å². The van der Waals surface area contributed by atoms with Gasteiger partial charge in [-0.1, -0.05) is 0 Å². The summed E-state index contributed by atoms with van der Waals surface area (Å²) in [7, 11) is 0. The van der Waals surface area contributed by atoms with Crippen LogP contribution in [0.1, 0.15) is 10.5 Å². The summed E-state index contributed by atoms with van der Waals surface area (Å²) in [4.78, 5) is 24.6. The van der Waals surface area contributed by atoms with Crippen molar-refractivity contribution in [1.82, 2.24) is 4.98 Å². The van der Waals surface area contributed by atoms with Gasteiger partial charge in [0.2, 0.25) is 5.91 Å². The Labute approximate surface area is 90.9 Å². The Morgan fingerprint density at radius 3 is 2.62 bits per heavy atom. The predicted octanol–water partition coefficient (Wildman–Crippen LogP) is -0.962. The van der Waals surface area contributed by atoms with Gasteiger partial charge >= 0.3 is 5.97 Å². The number of aromatic nitrogens is 1. The highest BCUT2D eigenvalue weighted by Crippen LogP contribution is 2.05. The number of amides is 1. The van der Waals surface area contributed by atoms with Gasteiger partial charge in [-0.15, -0.1) is 0 Å². The molecule has 7 heteroatoms. The maximum absolute atomic E-state index is 10.5.